The Labute approximate surface area is 112 Å². The van der Waals surface area contributed by atoms with Crippen molar-refractivity contribution in [3.05, 3.63) is 32.3 Å². The van der Waals surface area contributed by atoms with E-state index in [-0.39, 0.29) is 11.6 Å². The number of carbonyl (C=O) groups excluding carboxylic acids is 1. The van der Waals surface area contributed by atoms with E-state index < -0.39 is 11.0 Å². The van der Waals surface area contributed by atoms with Crippen LogP contribution in [0.25, 0.3) is 0 Å². The normalized spacial score (nSPS) is 15.4. The zero-order valence-electron chi connectivity index (χ0n) is 9.72. The summed E-state index contributed by atoms with van der Waals surface area (Å²) in [5, 5.41) is 11.1. The number of hydrogen-bond acceptors (Lipinski definition) is 4. The highest BCUT2D eigenvalue weighted by Crippen LogP contribution is 2.39. The van der Waals surface area contributed by atoms with Crippen molar-refractivity contribution in [3.63, 3.8) is 0 Å². The molecule has 1 amide bonds. The maximum Gasteiger partial charge on any atom is 0.294 e. The molecule has 0 aliphatic carbocycles. The number of nitrogens with zero attached hydrogens (tertiary/aromatic N) is 2. The Morgan fingerprint density at radius 3 is 2.83 bits per heavy atom. The molecule has 6 nitrogen and oxygen atoms in total. The predicted octanol–water partition coefficient (Wildman–Crippen LogP) is 1.59. The average Bonchev–Trinajstić information content (AvgIpc) is 2.69. The molecule has 96 valence electrons. The Bertz CT molecular complexity index is 531. The number of nitro groups is 1. The first-order valence-electron chi connectivity index (χ1n) is 5.45. The van der Waals surface area contributed by atoms with E-state index in [2.05, 4.69) is 15.9 Å². The van der Waals surface area contributed by atoms with Crippen LogP contribution in [0.4, 0.5) is 11.4 Å². The first kappa shape index (κ1) is 13.0. The number of benzene rings is 1. The number of fused-ring (bicyclic) bond motifs is 1. The van der Waals surface area contributed by atoms with E-state index in [9.17, 15) is 14.9 Å². The molecule has 1 aliphatic heterocycles. The average molecular weight is 314 g/mol. The summed E-state index contributed by atoms with van der Waals surface area (Å²) in [6, 6.07) is 2.54. The summed E-state index contributed by atoms with van der Waals surface area (Å²) in [4.78, 5) is 23.9. The fraction of sp³-hybridized carbons (Fsp3) is 0.364. The van der Waals surface area contributed by atoms with E-state index in [1.165, 1.54) is 11.0 Å². The van der Waals surface area contributed by atoms with Crippen LogP contribution in [0, 0.1) is 10.1 Å². The lowest BCUT2D eigenvalue weighted by molar-refractivity contribution is -0.384. The van der Waals surface area contributed by atoms with Gasteiger partial charge in [-0.15, -0.1) is 0 Å². The summed E-state index contributed by atoms with van der Waals surface area (Å²) >= 11 is 3.24. The number of rotatable bonds is 2. The summed E-state index contributed by atoms with van der Waals surface area (Å²) in [6.45, 7) is 2.01. The van der Waals surface area contributed by atoms with Crippen molar-refractivity contribution in [3.8, 4) is 0 Å². The molecule has 0 saturated carbocycles. The van der Waals surface area contributed by atoms with Crippen molar-refractivity contribution in [1.29, 1.82) is 0 Å². The Hall–Kier alpha value is -1.47. The number of carbonyl (C=O) groups is 1. The van der Waals surface area contributed by atoms with E-state index in [0.29, 0.717) is 23.1 Å². The molecule has 1 unspecified atom stereocenters. The number of nitrogens with two attached hydrogens (primary N) is 1. The van der Waals surface area contributed by atoms with Gasteiger partial charge in [0.25, 0.3) is 5.69 Å². The fourth-order valence-electron chi connectivity index (χ4n) is 2.09. The first-order chi connectivity index (χ1) is 8.41. The Kier molecular flexibility index (Phi) is 3.36. The second-order valence-electron chi connectivity index (χ2n) is 4.22. The minimum Gasteiger partial charge on any atom is -0.320 e. The van der Waals surface area contributed by atoms with E-state index >= 15 is 0 Å². The minimum atomic E-state index is -0.667. The van der Waals surface area contributed by atoms with Crippen molar-refractivity contribution in [2.45, 2.75) is 19.4 Å². The molecule has 2 N–H and O–H groups in total. The zero-order chi connectivity index (χ0) is 13.4. The van der Waals surface area contributed by atoms with E-state index in [0.717, 1.165) is 5.56 Å². The smallest absolute Gasteiger partial charge is 0.294 e. The predicted molar refractivity (Wildman–Crippen MR) is 70.5 cm³/mol. The van der Waals surface area contributed by atoms with Gasteiger partial charge < -0.3 is 10.6 Å². The molecule has 7 heteroatoms. The van der Waals surface area contributed by atoms with Gasteiger partial charge in [0, 0.05) is 17.1 Å². The van der Waals surface area contributed by atoms with Gasteiger partial charge in [0.15, 0.2) is 0 Å². The van der Waals surface area contributed by atoms with Gasteiger partial charge in [0.05, 0.1) is 11.0 Å². The molecule has 2 rings (SSSR count). The summed E-state index contributed by atoms with van der Waals surface area (Å²) in [5.74, 6) is -0.292. The summed E-state index contributed by atoms with van der Waals surface area (Å²) in [6.07, 6.45) is 0.605. The lowest BCUT2D eigenvalue weighted by Crippen LogP contribution is -2.41. The highest BCUT2D eigenvalue weighted by Gasteiger charge is 2.33. The van der Waals surface area contributed by atoms with Gasteiger partial charge in [-0.3, -0.25) is 14.9 Å². The van der Waals surface area contributed by atoms with Gasteiger partial charge in [0.1, 0.15) is 5.69 Å². The van der Waals surface area contributed by atoms with Crippen LogP contribution < -0.4 is 10.6 Å². The third kappa shape index (κ3) is 2.11. The van der Waals surface area contributed by atoms with E-state index in [1.807, 2.05) is 0 Å². The van der Waals surface area contributed by atoms with Crippen LogP contribution in [-0.2, 0) is 11.2 Å². The number of nitro benzene ring substituents is 1. The minimum absolute atomic E-state index is 0.0640. The molecule has 18 heavy (non-hydrogen) atoms. The molecule has 0 fully saturated rings. The molecule has 1 aliphatic rings. The summed E-state index contributed by atoms with van der Waals surface area (Å²) in [5.41, 5.74) is 6.67. The maximum atomic E-state index is 11.9. The van der Waals surface area contributed by atoms with Gasteiger partial charge in [-0.1, -0.05) is 15.9 Å². The quantitative estimate of drug-likeness (QED) is 0.663. The lowest BCUT2D eigenvalue weighted by atomic mass is 10.1. The van der Waals surface area contributed by atoms with Crippen molar-refractivity contribution >= 4 is 33.2 Å². The zero-order valence-corrected chi connectivity index (χ0v) is 11.3. The molecule has 1 atom stereocenters. The van der Waals surface area contributed by atoms with E-state index in [4.69, 9.17) is 5.73 Å². The van der Waals surface area contributed by atoms with Crippen LogP contribution in [-0.4, -0.2) is 23.4 Å². The Balaban J connectivity index is 2.55. The fourth-order valence-corrected chi connectivity index (χ4v) is 2.58. The molecule has 0 bridgehead atoms. The van der Waals surface area contributed by atoms with Gasteiger partial charge in [-0.05, 0) is 25.0 Å². The molecular formula is C11H12BrN3O3. The molecule has 0 spiro atoms. The van der Waals surface area contributed by atoms with Gasteiger partial charge in [0.2, 0.25) is 5.91 Å². The third-order valence-electron chi connectivity index (χ3n) is 2.86. The topological polar surface area (TPSA) is 89.5 Å². The molecule has 0 radical (unpaired) electrons. The first-order valence-corrected chi connectivity index (χ1v) is 6.25. The number of hydrogen-bond donors (Lipinski definition) is 1. The van der Waals surface area contributed by atoms with Crippen molar-refractivity contribution < 1.29 is 9.72 Å². The standard InChI is InChI=1S/C11H12BrN3O3/c1-6(13)11(16)14-3-2-7-4-8(12)5-9(10(7)14)15(17)18/h4-6H,2-3,13H2,1H3. The van der Waals surface area contributed by atoms with Gasteiger partial charge >= 0.3 is 0 Å². The van der Waals surface area contributed by atoms with Crippen LogP contribution in [0.5, 0.6) is 0 Å². The Morgan fingerprint density at radius 1 is 1.61 bits per heavy atom. The van der Waals surface area contributed by atoms with Crippen LogP contribution in [0.1, 0.15) is 12.5 Å². The Morgan fingerprint density at radius 2 is 2.28 bits per heavy atom. The van der Waals surface area contributed by atoms with Crippen LogP contribution in [0.2, 0.25) is 0 Å². The number of halogens is 1. The number of anilines is 1. The molecule has 0 aromatic heterocycles. The second kappa shape index (κ2) is 4.66. The largest absolute Gasteiger partial charge is 0.320 e. The third-order valence-corrected chi connectivity index (χ3v) is 3.32. The van der Waals surface area contributed by atoms with Crippen LogP contribution >= 0.6 is 15.9 Å². The highest BCUT2D eigenvalue weighted by atomic mass is 79.9. The lowest BCUT2D eigenvalue weighted by Gasteiger charge is -2.19. The van der Waals surface area contributed by atoms with Crippen LogP contribution in [0.15, 0.2) is 16.6 Å². The molecule has 0 saturated heterocycles. The highest BCUT2D eigenvalue weighted by molar-refractivity contribution is 9.10. The van der Waals surface area contributed by atoms with E-state index in [1.54, 1.807) is 13.0 Å². The van der Waals surface area contributed by atoms with Gasteiger partial charge in [-0.2, -0.15) is 0 Å². The molecule has 1 aromatic rings. The van der Waals surface area contributed by atoms with Gasteiger partial charge in [-0.25, -0.2) is 0 Å². The second-order valence-corrected chi connectivity index (χ2v) is 5.13. The SMILES string of the molecule is CC(N)C(=O)N1CCc2cc(Br)cc([N+](=O)[O-])c21. The monoisotopic (exact) mass is 313 g/mol. The summed E-state index contributed by atoms with van der Waals surface area (Å²) < 4.78 is 0.642. The molecule has 1 aromatic carbocycles. The maximum absolute atomic E-state index is 11.9. The number of amides is 1. The van der Waals surface area contributed by atoms with Crippen LogP contribution in [0.3, 0.4) is 0 Å². The summed E-state index contributed by atoms with van der Waals surface area (Å²) in [7, 11) is 0. The van der Waals surface area contributed by atoms with Crippen molar-refractivity contribution in [2.75, 3.05) is 11.4 Å². The molecule has 1 heterocycles. The van der Waals surface area contributed by atoms with Crippen molar-refractivity contribution in [2.24, 2.45) is 5.73 Å². The van der Waals surface area contributed by atoms with Crippen molar-refractivity contribution in [1.82, 2.24) is 0 Å². The molecular weight excluding hydrogens is 302 g/mol.